The van der Waals surface area contributed by atoms with Gasteiger partial charge in [0.25, 0.3) is 0 Å². The topological polar surface area (TPSA) is 3.24 Å². The quantitative estimate of drug-likeness (QED) is 0.160. The highest BCUT2D eigenvalue weighted by atomic mass is 15.1. The molecule has 0 radical (unpaired) electrons. The minimum Gasteiger partial charge on any atom is -0.310 e. The van der Waals surface area contributed by atoms with Crippen LogP contribution in [-0.2, 0) is 5.41 Å². The van der Waals surface area contributed by atoms with E-state index in [4.69, 9.17) is 0 Å². The van der Waals surface area contributed by atoms with Gasteiger partial charge >= 0.3 is 0 Å². The number of rotatable bonds is 7. The highest BCUT2D eigenvalue weighted by molar-refractivity contribution is 5.97. The Hall–Kier alpha value is -4.88. The van der Waals surface area contributed by atoms with Crippen LogP contribution in [0.25, 0.3) is 33.4 Å². The Bertz CT molecular complexity index is 2250. The largest absolute Gasteiger partial charge is 0.310 e. The first kappa shape index (κ1) is 33.7. The van der Waals surface area contributed by atoms with Crippen molar-refractivity contribution >= 4 is 17.1 Å². The summed E-state index contributed by atoms with van der Waals surface area (Å²) in [4.78, 5) is 2.57. The lowest BCUT2D eigenvalue weighted by atomic mass is 9.63. The van der Waals surface area contributed by atoms with Crippen LogP contribution in [0.2, 0.25) is 0 Å². The summed E-state index contributed by atoms with van der Waals surface area (Å²) in [5.74, 6) is 3.18. The van der Waals surface area contributed by atoms with Gasteiger partial charge in [0.05, 0.1) is 5.69 Å². The molecule has 0 spiro atoms. The van der Waals surface area contributed by atoms with Gasteiger partial charge in [0, 0.05) is 22.4 Å². The van der Waals surface area contributed by atoms with Gasteiger partial charge in [-0.1, -0.05) is 155 Å². The molecule has 270 valence electrons. The lowest BCUT2D eigenvalue weighted by Gasteiger charge is -2.42. The summed E-state index contributed by atoms with van der Waals surface area (Å²) in [6, 6.07) is 53.6. The van der Waals surface area contributed by atoms with E-state index in [2.05, 4.69) is 158 Å². The number of nitrogens with zero attached hydrogens (tertiary/aromatic N) is 1. The summed E-state index contributed by atoms with van der Waals surface area (Å²) in [7, 11) is 0. The molecule has 5 aliphatic carbocycles. The molecule has 0 aromatic heterocycles. The Morgan fingerprint density at radius 2 is 1.11 bits per heavy atom. The van der Waals surface area contributed by atoms with Crippen molar-refractivity contribution in [2.45, 2.75) is 95.3 Å². The fourth-order valence-corrected chi connectivity index (χ4v) is 11.2. The summed E-state index contributed by atoms with van der Waals surface area (Å²) in [5.41, 5.74) is 17.3. The van der Waals surface area contributed by atoms with E-state index in [1.165, 1.54) is 131 Å². The third kappa shape index (κ3) is 5.83. The lowest BCUT2D eigenvalue weighted by Crippen LogP contribution is -2.29. The second-order valence-corrected chi connectivity index (χ2v) is 17.5. The van der Waals surface area contributed by atoms with Crippen LogP contribution in [0.1, 0.15) is 112 Å². The number of anilines is 3. The molecule has 4 fully saturated rings. The predicted molar refractivity (Wildman–Crippen MR) is 228 cm³/mol. The van der Waals surface area contributed by atoms with E-state index >= 15 is 0 Å². The maximum atomic E-state index is 2.57. The molecule has 1 atom stereocenters. The molecule has 5 aliphatic rings. The van der Waals surface area contributed by atoms with Crippen LogP contribution in [0.5, 0.6) is 0 Å². The summed E-state index contributed by atoms with van der Waals surface area (Å²) in [6.07, 6.45) is 13.8. The van der Waals surface area contributed by atoms with Gasteiger partial charge in [0.1, 0.15) is 0 Å². The molecule has 54 heavy (non-hydrogen) atoms. The summed E-state index contributed by atoms with van der Waals surface area (Å²) in [6.45, 7) is 4.86. The third-order valence-corrected chi connectivity index (χ3v) is 14.1. The van der Waals surface area contributed by atoms with Gasteiger partial charge in [0.15, 0.2) is 0 Å². The summed E-state index contributed by atoms with van der Waals surface area (Å²) in [5, 5.41) is 0. The highest BCUT2D eigenvalue weighted by Gasteiger charge is 2.40. The zero-order chi connectivity index (χ0) is 36.2. The van der Waals surface area contributed by atoms with E-state index in [-0.39, 0.29) is 5.41 Å². The lowest BCUT2D eigenvalue weighted by molar-refractivity contribution is 0.145. The van der Waals surface area contributed by atoms with Gasteiger partial charge in [0.2, 0.25) is 0 Å². The Labute approximate surface area is 323 Å². The van der Waals surface area contributed by atoms with Crippen LogP contribution >= 0.6 is 0 Å². The molecule has 0 heterocycles. The Morgan fingerprint density at radius 3 is 1.78 bits per heavy atom. The van der Waals surface area contributed by atoms with Gasteiger partial charge in [-0.2, -0.15) is 0 Å². The normalized spacial score (nSPS) is 21.4. The molecule has 1 nitrogen and oxygen atoms in total. The number of fused-ring (bicyclic) bond motifs is 6. The molecular weight excluding hydrogens is 651 g/mol. The molecule has 0 saturated heterocycles. The van der Waals surface area contributed by atoms with E-state index in [0.29, 0.717) is 11.8 Å². The van der Waals surface area contributed by atoms with Crippen molar-refractivity contribution in [3.8, 4) is 33.4 Å². The molecule has 11 rings (SSSR count). The SMILES string of the molecule is CC1(C)c2ccccc2-c2ccc(N(c3ccc(C4CCCCC4)cc3)c3ccc(C4CC5CCC4CC5)cc3)c(-c3ccc(-c4ccccc4)cc3)c21. The van der Waals surface area contributed by atoms with E-state index in [0.717, 1.165) is 11.8 Å². The van der Waals surface area contributed by atoms with Crippen molar-refractivity contribution in [2.24, 2.45) is 11.8 Å². The zero-order valence-corrected chi connectivity index (χ0v) is 32.1. The monoisotopic (exact) mass is 703 g/mol. The van der Waals surface area contributed by atoms with E-state index in [1.54, 1.807) is 5.56 Å². The fraction of sp³-hybridized carbons (Fsp3) is 0.321. The maximum Gasteiger partial charge on any atom is 0.0543 e. The standard InChI is InChI=1S/C53H53N/c1-53(2)49-16-10-9-15-46(49)47-33-34-50(51(52(47)53)43-23-21-39(22-24-43)37-11-5-3-6-12-37)54(44-29-25-40(26-30-44)38-13-7-4-8-14-38)45-31-27-42(28-32-45)48-35-36-17-19-41(48)20-18-36/h3,5-6,9-12,15-16,21-34,36,38,41,48H,4,7-8,13-14,17-20,35H2,1-2H3. The molecule has 1 unspecified atom stereocenters. The average Bonchev–Trinajstić information content (AvgIpc) is 3.48. The van der Waals surface area contributed by atoms with Crippen LogP contribution in [0, 0.1) is 11.8 Å². The smallest absolute Gasteiger partial charge is 0.0543 e. The number of hydrogen-bond acceptors (Lipinski definition) is 1. The Morgan fingerprint density at radius 1 is 0.500 bits per heavy atom. The van der Waals surface area contributed by atoms with Gasteiger partial charge in [-0.3, -0.25) is 0 Å². The van der Waals surface area contributed by atoms with Gasteiger partial charge < -0.3 is 4.90 Å². The van der Waals surface area contributed by atoms with E-state index in [1.807, 2.05) is 0 Å². The van der Waals surface area contributed by atoms with Crippen LogP contribution in [0.3, 0.4) is 0 Å². The van der Waals surface area contributed by atoms with Crippen molar-refractivity contribution in [1.29, 1.82) is 0 Å². The van der Waals surface area contributed by atoms with Gasteiger partial charge in [-0.05, 0) is 136 Å². The van der Waals surface area contributed by atoms with E-state index in [9.17, 15) is 0 Å². The average molecular weight is 704 g/mol. The minimum absolute atomic E-state index is 0.157. The van der Waals surface area contributed by atoms with Gasteiger partial charge in [-0.15, -0.1) is 0 Å². The molecule has 0 aliphatic heterocycles. The first-order valence-electron chi connectivity index (χ1n) is 21.0. The first-order chi connectivity index (χ1) is 26.5. The predicted octanol–water partition coefficient (Wildman–Crippen LogP) is 15.1. The summed E-state index contributed by atoms with van der Waals surface area (Å²) < 4.78 is 0. The molecule has 6 aromatic rings. The van der Waals surface area contributed by atoms with Crippen molar-refractivity contribution in [3.05, 3.63) is 162 Å². The highest BCUT2D eigenvalue weighted by Crippen LogP contribution is 2.56. The number of hydrogen-bond donors (Lipinski definition) is 0. The second-order valence-electron chi connectivity index (χ2n) is 17.5. The fourth-order valence-electron chi connectivity index (χ4n) is 11.2. The van der Waals surface area contributed by atoms with Gasteiger partial charge in [-0.25, -0.2) is 0 Å². The van der Waals surface area contributed by atoms with Crippen LogP contribution < -0.4 is 4.90 Å². The van der Waals surface area contributed by atoms with Crippen molar-refractivity contribution in [2.75, 3.05) is 4.90 Å². The molecule has 0 N–H and O–H groups in total. The third-order valence-electron chi connectivity index (χ3n) is 14.1. The Kier molecular flexibility index (Phi) is 8.58. The molecular formula is C53H53N. The first-order valence-corrected chi connectivity index (χ1v) is 21.0. The molecule has 4 saturated carbocycles. The second kappa shape index (κ2) is 13.8. The van der Waals surface area contributed by atoms with Crippen LogP contribution in [0.4, 0.5) is 17.1 Å². The Balaban J connectivity index is 1.14. The molecule has 6 aromatic carbocycles. The minimum atomic E-state index is -0.157. The zero-order valence-electron chi connectivity index (χ0n) is 32.1. The molecule has 1 heteroatoms. The number of benzene rings is 6. The summed E-state index contributed by atoms with van der Waals surface area (Å²) >= 11 is 0. The van der Waals surface area contributed by atoms with E-state index < -0.39 is 0 Å². The molecule has 0 amide bonds. The van der Waals surface area contributed by atoms with Crippen molar-refractivity contribution in [1.82, 2.24) is 0 Å². The van der Waals surface area contributed by atoms with Crippen LogP contribution in [-0.4, -0.2) is 0 Å². The van der Waals surface area contributed by atoms with Crippen molar-refractivity contribution < 1.29 is 0 Å². The molecule has 2 bridgehead atoms. The maximum absolute atomic E-state index is 2.57. The van der Waals surface area contributed by atoms with Crippen LogP contribution in [0.15, 0.2) is 140 Å². The van der Waals surface area contributed by atoms with Crippen molar-refractivity contribution in [3.63, 3.8) is 0 Å².